The SMILES string of the molecule is Cn1nc(Br)c2cc(I)c(F)cc21. The van der Waals surface area contributed by atoms with Crippen molar-refractivity contribution < 1.29 is 4.39 Å². The summed E-state index contributed by atoms with van der Waals surface area (Å²) in [5.74, 6) is -0.205. The predicted octanol–water partition coefficient (Wildman–Crippen LogP) is 3.08. The fraction of sp³-hybridized carbons (Fsp3) is 0.125. The molecule has 0 amide bonds. The van der Waals surface area contributed by atoms with Crippen LogP contribution in [0.15, 0.2) is 16.7 Å². The van der Waals surface area contributed by atoms with Crippen LogP contribution in [0.25, 0.3) is 10.9 Å². The van der Waals surface area contributed by atoms with Crippen LogP contribution in [0.4, 0.5) is 4.39 Å². The number of fused-ring (bicyclic) bond motifs is 1. The smallest absolute Gasteiger partial charge is 0.138 e. The Morgan fingerprint density at radius 2 is 2.23 bits per heavy atom. The van der Waals surface area contributed by atoms with Crippen LogP contribution in [0.2, 0.25) is 0 Å². The Bertz CT molecular complexity index is 438. The molecule has 0 atom stereocenters. The van der Waals surface area contributed by atoms with Crippen LogP contribution in [0.3, 0.4) is 0 Å². The molecular formula is C8H5BrFIN2. The molecule has 0 saturated heterocycles. The van der Waals surface area contributed by atoms with Gasteiger partial charge in [-0.15, -0.1) is 0 Å². The van der Waals surface area contributed by atoms with Crippen LogP contribution in [-0.4, -0.2) is 9.78 Å². The molecule has 0 aliphatic heterocycles. The van der Waals surface area contributed by atoms with E-state index < -0.39 is 0 Å². The number of rotatable bonds is 0. The molecular weight excluding hydrogens is 350 g/mol. The van der Waals surface area contributed by atoms with Crippen molar-refractivity contribution in [1.29, 1.82) is 0 Å². The van der Waals surface area contributed by atoms with Crippen molar-refractivity contribution in [3.63, 3.8) is 0 Å². The Morgan fingerprint density at radius 3 is 2.92 bits per heavy atom. The Kier molecular flexibility index (Phi) is 2.31. The van der Waals surface area contributed by atoms with E-state index in [0.717, 1.165) is 15.5 Å². The van der Waals surface area contributed by atoms with E-state index in [1.807, 2.05) is 22.6 Å². The number of aromatic nitrogens is 2. The van der Waals surface area contributed by atoms with Gasteiger partial charge in [0.2, 0.25) is 0 Å². The molecule has 2 aromatic rings. The first-order chi connectivity index (χ1) is 6.09. The lowest BCUT2D eigenvalue weighted by Gasteiger charge is -1.96. The highest BCUT2D eigenvalue weighted by atomic mass is 127. The Balaban J connectivity index is 2.91. The highest BCUT2D eigenvalue weighted by Crippen LogP contribution is 2.26. The lowest BCUT2D eigenvalue weighted by atomic mass is 10.2. The normalized spacial score (nSPS) is 11.1. The Morgan fingerprint density at radius 1 is 1.54 bits per heavy atom. The van der Waals surface area contributed by atoms with Crippen molar-refractivity contribution in [2.45, 2.75) is 0 Å². The zero-order valence-corrected chi connectivity index (χ0v) is 10.4. The van der Waals surface area contributed by atoms with Gasteiger partial charge in [0.1, 0.15) is 10.4 Å². The second-order valence-corrected chi connectivity index (χ2v) is 4.61. The molecule has 68 valence electrons. The average Bonchev–Trinajstić information content (AvgIpc) is 2.31. The van der Waals surface area contributed by atoms with Crippen molar-refractivity contribution >= 4 is 49.4 Å². The fourth-order valence-corrected chi connectivity index (χ4v) is 2.23. The standard InChI is InChI=1S/C8H5BrFIN2/c1-13-7-3-5(10)6(11)2-4(7)8(9)12-13/h2-3H,1H3. The van der Waals surface area contributed by atoms with Crippen molar-refractivity contribution in [1.82, 2.24) is 9.78 Å². The summed E-state index contributed by atoms with van der Waals surface area (Å²) in [6.07, 6.45) is 0. The van der Waals surface area contributed by atoms with Crippen LogP contribution < -0.4 is 0 Å². The quantitative estimate of drug-likeness (QED) is 0.665. The predicted molar refractivity (Wildman–Crippen MR) is 61.1 cm³/mol. The summed E-state index contributed by atoms with van der Waals surface area (Å²) in [7, 11) is 1.79. The Hall–Kier alpha value is -0.170. The maximum Gasteiger partial charge on any atom is 0.138 e. The van der Waals surface area contributed by atoms with E-state index in [0.29, 0.717) is 3.57 Å². The van der Waals surface area contributed by atoms with Crippen LogP contribution in [0.1, 0.15) is 0 Å². The molecule has 2 nitrogen and oxygen atoms in total. The van der Waals surface area contributed by atoms with Crippen molar-refractivity contribution in [2.75, 3.05) is 0 Å². The largest absolute Gasteiger partial charge is 0.267 e. The third kappa shape index (κ3) is 1.48. The van der Waals surface area contributed by atoms with Crippen molar-refractivity contribution in [3.05, 3.63) is 26.1 Å². The highest BCUT2D eigenvalue weighted by molar-refractivity contribution is 14.1. The number of hydrogen-bond donors (Lipinski definition) is 0. The van der Waals surface area contributed by atoms with E-state index in [4.69, 9.17) is 0 Å². The van der Waals surface area contributed by atoms with Gasteiger partial charge in [-0.1, -0.05) is 0 Å². The third-order valence-corrected chi connectivity index (χ3v) is 3.26. The van der Waals surface area contributed by atoms with Crippen LogP contribution in [0.5, 0.6) is 0 Å². The second kappa shape index (κ2) is 3.20. The summed E-state index contributed by atoms with van der Waals surface area (Å²) >= 11 is 5.28. The van der Waals surface area contributed by atoms with Gasteiger partial charge in [-0.3, -0.25) is 4.68 Å². The van der Waals surface area contributed by atoms with Crippen molar-refractivity contribution in [2.24, 2.45) is 7.05 Å². The number of hydrogen-bond acceptors (Lipinski definition) is 1. The molecule has 0 saturated carbocycles. The second-order valence-electron chi connectivity index (χ2n) is 2.70. The van der Waals surface area contributed by atoms with E-state index in [2.05, 4.69) is 21.0 Å². The van der Waals surface area contributed by atoms with Gasteiger partial charge in [-0.25, -0.2) is 4.39 Å². The van der Waals surface area contributed by atoms with Gasteiger partial charge >= 0.3 is 0 Å². The molecule has 1 aromatic carbocycles. The third-order valence-electron chi connectivity index (χ3n) is 1.85. The minimum absolute atomic E-state index is 0.205. The monoisotopic (exact) mass is 354 g/mol. The lowest BCUT2D eigenvalue weighted by Crippen LogP contribution is -1.90. The number of aryl methyl sites for hydroxylation is 1. The summed E-state index contributed by atoms with van der Waals surface area (Å²) in [5.41, 5.74) is 0.796. The zero-order valence-electron chi connectivity index (χ0n) is 6.68. The van der Waals surface area contributed by atoms with E-state index in [-0.39, 0.29) is 5.82 Å². The van der Waals surface area contributed by atoms with Gasteiger partial charge in [-0.2, -0.15) is 5.10 Å². The summed E-state index contributed by atoms with van der Waals surface area (Å²) < 4.78 is 16.2. The molecule has 0 radical (unpaired) electrons. The zero-order chi connectivity index (χ0) is 9.59. The average molecular weight is 355 g/mol. The first kappa shape index (κ1) is 9.39. The maximum absolute atomic E-state index is 13.2. The van der Waals surface area contributed by atoms with Crippen LogP contribution in [-0.2, 0) is 7.05 Å². The molecule has 0 bridgehead atoms. The first-order valence-electron chi connectivity index (χ1n) is 3.57. The summed E-state index contributed by atoms with van der Waals surface area (Å²) in [5, 5.41) is 5.07. The van der Waals surface area contributed by atoms with E-state index in [1.54, 1.807) is 17.8 Å². The minimum atomic E-state index is -0.205. The van der Waals surface area contributed by atoms with Crippen LogP contribution in [0, 0.1) is 9.39 Å². The van der Waals surface area contributed by atoms with Gasteiger partial charge in [-0.05, 0) is 44.6 Å². The molecule has 0 unspecified atom stereocenters. The summed E-state index contributed by atoms with van der Waals surface area (Å²) in [4.78, 5) is 0. The summed E-state index contributed by atoms with van der Waals surface area (Å²) in [6, 6.07) is 3.27. The van der Waals surface area contributed by atoms with E-state index in [1.165, 1.54) is 6.07 Å². The molecule has 5 heteroatoms. The van der Waals surface area contributed by atoms with Crippen molar-refractivity contribution in [3.8, 4) is 0 Å². The van der Waals surface area contributed by atoms with Gasteiger partial charge < -0.3 is 0 Å². The maximum atomic E-state index is 13.2. The fourth-order valence-electron chi connectivity index (χ4n) is 1.21. The molecule has 0 fully saturated rings. The lowest BCUT2D eigenvalue weighted by molar-refractivity contribution is 0.621. The number of nitrogens with zero attached hydrogens (tertiary/aromatic N) is 2. The van der Waals surface area contributed by atoms with Gasteiger partial charge in [0.05, 0.1) is 5.52 Å². The molecule has 0 spiro atoms. The molecule has 1 heterocycles. The summed E-state index contributed by atoms with van der Waals surface area (Å²) in [6.45, 7) is 0. The minimum Gasteiger partial charge on any atom is -0.267 e. The van der Waals surface area contributed by atoms with Gasteiger partial charge in [0.15, 0.2) is 0 Å². The molecule has 0 N–H and O–H groups in total. The number of benzene rings is 1. The van der Waals surface area contributed by atoms with Crippen LogP contribution >= 0.6 is 38.5 Å². The Labute approximate surface area is 96.4 Å². The topological polar surface area (TPSA) is 17.8 Å². The molecule has 0 aliphatic rings. The molecule has 13 heavy (non-hydrogen) atoms. The molecule has 2 rings (SSSR count). The molecule has 0 aliphatic carbocycles. The molecule has 1 aromatic heterocycles. The van der Waals surface area contributed by atoms with E-state index in [9.17, 15) is 4.39 Å². The first-order valence-corrected chi connectivity index (χ1v) is 5.44. The van der Waals surface area contributed by atoms with Gasteiger partial charge in [0, 0.05) is 22.1 Å². The van der Waals surface area contributed by atoms with E-state index >= 15 is 0 Å². The number of halogens is 3. The highest BCUT2D eigenvalue weighted by Gasteiger charge is 2.09. The van der Waals surface area contributed by atoms with Gasteiger partial charge in [0.25, 0.3) is 0 Å².